The average Bonchev–Trinajstić information content (AvgIpc) is 2.87. The van der Waals surface area contributed by atoms with Gasteiger partial charge in [-0.3, -0.25) is 0 Å². The van der Waals surface area contributed by atoms with Crippen LogP contribution in [0, 0.1) is 0 Å². The molecule has 0 bridgehead atoms. The molecule has 0 unspecified atom stereocenters. The van der Waals surface area contributed by atoms with Crippen molar-refractivity contribution in [3.8, 4) is 0 Å². The van der Waals surface area contributed by atoms with Crippen LogP contribution >= 0.6 is 15.9 Å². The first kappa shape index (κ1) is 17.2. The Hall–Kier alpha value is -1.11. The third-order valence-corrected chi connectivity index (χ3v) is 5.90. The van der Waals surface area contributed by atoms with E-state index in [1.807, 2.05) is 22.9 Å². The third kappa shape index (κ3) is 4.00. The van der Waals surface area contributed by atoms with Gasteiger partial charge in [0.25, 0.3) is 0 Å². The minimum Gasteiger partial charge on any atom is -0.465 e. The summed E-state index contributed by atoms with van der Waals surface area (Å²) < 4.78 is 13.6. The predicted octanol–water partition coefficient (Wildman–Crippen LogP) is 4.50. The highest BCUT2D eigenvalue weighted by Crippen LogP contribution is 2.28. The molecule has 22 heavy (non-hydrogen) atoms. The number of fused-ring (bicyclic) bond motifs is 1. The average molecular weight is 384 g/mol. The number of esters is 1. The number of benzene rings is 1. The third-order valence-electron chi connectivity index (χ3n) is 3.50. The summed E-state index contributed by atoms with van der Waals surface area (Å²) in [5.41, 5.74) is 1.40. The van der Waals surface area contributed by atoms with Gasteiger partial charge in [-0.1, -0.05) is 35.6 Å². The lowest BCUT2D eigenvalue weighted by Gasteiger charge is -2.16. The quantitative estimate of drug-likeness (QED) is 0.418. The van der Waals surface area contributed by atoms with Crippen LogP contribution in [-0.4, -0.2) is 32.3 Å². The molecule has 0 amide bonds. The summed E-state index contributed by atoms with van der Waals surface area (Å²) in [6.45, 7) is 8.17. The molecule has 120 valence electrons. The van der Waals surface area contributed by atoms with Gasteiger partial charge in [-0.2, -0.15) is 0 Å². The van der Waals surface area contributed by atoms with Gasteiger partial charge in [0.15, 0.2) is 0 Å². The first-order valence-electron chi connectivity index (χ1n) is 7.27. The summed E-state index contributed by atoms with van der Waals surface area (Å²) in [6, 6.07) is 6.75. The SMILES string of the molecule is COC(=O)c1ccc(Br)c2ccn(COCC[Si](C)(C)C)c12. The maximum atomic E-state index is 12.0. The summed E-state index contributed by atoms with van der Waals surface area (Å²) in [7, 11) is 0.304. The van der Waals surface area contributed by atoms with Gasteiger partial charge in [-0.15, -0.1) is 0 Å². The molecular weight excluding hydrogens is 362 g/mol. The molecule has 0 atom stereocenters. The van der Waals surface area contributed by atoms with E-state index in [2.05, 4.69) is 35.6 Å². The minimum absolute atomic E-state index is 0.334. The van der Waals surface area contributed by atoms with Crippen LogP contribution in [0.5, 0.6) is 0 Å². The van der Waals surface area contributed by atoms with Gasteiger partial charge in [0.2, 0.25) is 0 Å². The Morgan fingerprint density at radius 3 is 2.64 bits per heavy atom. The fourth-order valence-electron chi connectivity index (χ4n) is 2.21. The Bertz CT molecular complexity index is 676. The highest BCUT2D eigenvalue weighted by Gasteiger charge is 2.16. The van der Waals surface area contributed by atoms with Gasteiger partial charge in [0.1, 0.15) is 6.73 Å². The molecule has 0 saturated carbocycles. The molecule has 6 heteroatoms. The van der Waals surface area contributed by atoms with Crippen molar-refractivity contribution in [3.63, 3.8) is 0 Å². The van der Waals surface area contributed by atoms with Crippen molar-refractivity contribution < 1.29 is 14.3 Å². The normalized spacial score (nSPS) is 11.9. The number of rotatable bonds is 6. The summed E-state index contributed by atoms with van der Waals surface area (Å²) in [5, 5.41) is 0.983. The van der Waals surface area contributed by atoms with Crippen molar-refractivity contribution in [3.05, 3.63) is 34.4 Å². The second-order valence-corrected chi connectivity index (χ2v) is 13.0. The Morgan fingerprint density at radius 1 is 1.27 bits per heavy atom. The molecule has 0 spiro atoms. The fraction of sp³-hybridized carbons (Fsp3) is 0.438. The van der Waals surface area contributed by atoms with E-state index in [-0.39, 0.29) is 5.97 Å². The smallest absolute Gasteiger partial charge is 0.340 e. The zero-order valence-corrected chi connectivity index (χ0v) is 16.1. The van der Waals surface area contributed by atoms with Crippen molar-refractivity contribution >= 4 is 40.9 Å². The Balaban J connectivity index is 2.23. The summed E-state index contributed by atoms with van der Waals surface area (Å²) >= 11 is 3.52. The van der Waals surface area contributed by atoms with Gasteiger partial charge in [-0.05, 0) is 24.2 Å². The molecular formula is C16H22BrNO3Si. The lowest BCUT2D eigenvalue weighted by atomic mass is 10.1. The molecule has 0 radical (unpaired) electrons. The number of aromatic nitrogens is 1. The lowest BCUT2D eigenvalue weighted by molar-refractivity contribution is 0.0601. The topological polar surface area (TPSA) is 40.5 Å². The van der Waals surface area contributed by atoms with Crippen LogP contribution in [0.25, 0.3) is 10.9 Å². The van der Waals surface area contributed by atoms with Crippen LogP contribution < -0.4 is 0 Å². The van der Waals surface area contributed by atoms with Crippen LogP contribution in [0.15, 0.2) is 28.9 Å². The van der Waals surface area contributed by atoms with E-state index in [4.69, 9.17) is 9.47 Å². The zero-order valence-electron chi connectivity index (χ0n) is 13.5. The molecule has 1 heterocycles. The number of nitrogens with zero attached hydrogens (tertiary/aromatic N) is 1. The van der Waals surface area contributed by atoms with Gasteiger partial charge >= 0.3 is 5.97 Å². The second-order valence-electron chi connectivity index (χ2n) is 6.48. The number of hydrogen-bond donors (Lipinski definition) is 0. The minimum atomic E-state index is -1.09. The molecule has 0 aliphatic heterocycles. The van der Waals surface area contributed by atoms with Crippen molar-refractivity contribution in [1.29, 1.82) is 0 Å². The van der Waals surface area contributed by atoms with Crippen molar-refractivity contribution in [2.75, 3.05) is 13.7 Å². The van der Waals surface area contributed by atoms with Crippen LogP contribution in [0.4, 0.5) is 0 Å². The van der Waals surface area contributed by atoms with Gasteiger partial charge in [0, 0.05) is 30.7 Å². The van der Waals surface area contributed by atoms with Crippen LogP contribution in [0.1, 0.15) is 10.4 Å². The fourth-order valence-corrected chi connectivity index (χ4v) is 3.42. The molecule has 1 aromatic heterocycles. The second kappa shape index (κ2) is 6.98. The van der Waals surface area contributed by atoms with E-state index in [0.29, 0.717) is 12.3 Å². The number of ether oxygens (including phenoxy) is 2. The maximum Gasteiger partial charge on any atom is 0.340 e. The summed E-state index contributed by atoms with van der Waals surface area (Å²) in [6.07, 6.45) is 1.94. The summed E-state index contributed by atoms with van der Waals surface area (Å²) in [5.74, 6) is -0.334. The van der Waals surface area contributed by atoms with Crippen LogP contribution in [0.3, 0.4) is 0 Å². The molecule has 1 aromatic carbocycles. The molecule has 0 aliphatic rings. The first-order chi connectivity index (χ1) is 10.3. The monoisotopic (exact) mass is 383 g/mol. The molecule has 0 N–H and O–H groups in total. The van der Waals surface area contributed by atoms with E-state index in [1.54, 1.807) is 6.07 Å². The number of carbonyl (C=O) groups excluding carboxylic acids is 1. The van der Waals surface area contributed by atoms with Crippen molar-refractivity contribution in [1.82, 2.24) is 4.57 Å². The van der Waals surface area contributed by atoms with Gasteiger partial charge in [-0.25, -0.2) is 4.79 Å². The number of halogens is 1. The van der Waals surface area contributed by atoms with Gasteiger partial charge < -0.3 is 14.0 Å². The lowest BCUT2D eigenvalue weighted by Crippen LogP contribution is -2.22. The van der Waals surface area contributed by atoms with E-state index >= 15 is 0 Å². The molecule has 4 nitrogen and oxygen atoms in total. The number of methoxy groups -OCH3 is 1. The summed E-state index contributed by atoms with van der Waals surface area (Å²) in [4.78, 5) is 12.0. The zero-order chi connectivity index (χ0) is 16.3. The van der Waals surface area contributed by atoms with Crippen LogP contribution in [0.2, 0.25) is 25.7 Å². The molecule has 0 saturated heterocycles. The molecule has 2 rings (SSSR count). The maximum absolute atomic E-state index is 12.0. The largest absolute Gasteiger partial charge is 0.465 e. The van der Waals surface area contributed by atoms with Gasteiger partial charge in [0.05, 0.1) is 18.2 Å². The van der Waals surface area contributed by atoms with E-state index < -0.39 is 8.07 Å². The predicted molar refractivity (Wildman–Crippen MR) is 95.1 cm³/mol. The molecule has 2 aromatic rings. The van der Waals surface area contributed by atoms with E-state index in [0.717, 1.165) is 28.0 Å². The van der Waals surface area contributed by atoms with Crippen molar-refractivity contribution in [2.24, 2.45) is 0 Å². The highest BCUT2D eigenvalue weighted by molar-refractivity contribution is 9.10. The first-order valence-corrected chi connectivity index (χ1v) is 11.8. The standard InChI is InChI=1S/C16H22BrNO3Si/c1-20-16(19)13-5-6-14(17)12-7-8-18(15(12)13)11-21-9-10-22(2,3)4/h5-8H,9-11H2,1-4H3. The van der Waals surface area contributed by atoms with Crippen molar-refractivity contribution in [2.45, 2.75) is 32.4 Å². The number of hydrogen-bond acceptors (Lipinski definition) is 3. The Morgan fingerprint density at radius 2 is 2.00 bits per heavy atom. The molecule has 0 fully saturated rings. The van der Waals surface area contributed by atoms with E-state index in [1.165, 1.54) is 7.11 Å². The number of carbonyl (C=O) groups is 1. The van der Waals surface area contributed by atoms with E-state index in [9.17, 15) is 4.79 Å². The highest BCUT2D eigenvalue weighted by atomic mass is 79.9. The van der Waals surface area contributed by atoms with Crippen LogP contribution in [-0.2, 0) is 16.2 Å². The Kier molecular flexibility index (Phi) is 5.47. The molecule has 0 aliphatic carbocycles. The Labute approximate surface area is 140 Å².